The van der Waals surface area contributed by atoms with Crippen molar-refractivity contribution < 1.29 is 14.6 Å². The van der Waals surface area contributed by atoms with Crippen LogP contribution in [0, 0.1) is 0 Å². The van der Waals surface area contributed by atoms with E-state index in [1.165, 1.54) is 18.6 Å². The van der Waals surface area contributed by atoms with Crippen molar-refractivity contribution in [1.29, 1.82) is 0 Å². The van der Waals surface area contributed by atoms with Gasteiger partial charge < -0.3 is 25.2 Å². The maximum atomic E-state index is 8.89. The molecular weight excluding hydrogens is 350 g/mol. The number of rotatable bonds is 9. The number of guanidine groups is 1. The number of thioether (sulfide) groups is 1. The highest BCUT2D eigenvalue weighted by molar-refractivity contribution is 8.00. The second kappa shape index (κ2) is 10.5. The molecule has 1 aromatic rings. The zero-order valence-electron chi connectivity index (χ0n) is 16.0. The lowest BCUT2D eigenvalue weighted by atomic mass is 10.1. The Balaban J connectivity index is 1.99. The molecule has 3 N–H and O–H groups in total. The van der Waals surface area contributed by atoms with E-state index in [2.05, 4.69) is 24.5 Å². The standard InChI is InChI=1S/C19H31N3O3S/c1-4-20-18(22-14-19(2)8-5-11-26-19)21-13-15-6-7-16(25-10-9-23)17(12-15)24-3/h6-7,12,23H,4-5,8-11,13-14H2,1-3H3,(H2,20,21,22). The molecule has 26 heavy (non-hydrogen) atoms. The molecule has 1 aliphatic rings. The molecule has 1 aliphatic heterocycles. The number of aliphatic imine (C=N–C) groups is 1. The first-order valence-corrected chi connectivity index (χ1v) is 10.2. The van der Waals surface area contributed by atoms with Gasteiger partial charge in [0, 0.05) is 17.8 Å². The molecule has 1 unspecified atom stereocenters. The molecule has 0 bridgehead atoms. The number of hydrogen-bond acceptors (Lipinski definition) is 5. The van der Waals surface area contributed by atoms with Gasteiger partial charge in [0.2, 0.25) is 0 Å². The van der Waals surface area contributed by atoms with E-state index in [1.807, 2.05) is 30.0 Å². The van der Waals surface area contributed by atoms with E-state index >= 15 is 0 Å². The highest BCUT2D eigenvalue weighted by atomic mass is 32.2. The minimum absolute atomic E-state index is 0.0237. The number of ether oxygens (including phenoxy) is 2. The van der Waals surface area contributed by atoms with Gasteiger partial charge in [-0.05, 0) is 50.1 Å². The minimum Gasteiger partial charge on any atom is -0.493 e. The molecule has 1 aromatic carbocycles. The Labute approximate surface area is 160 Å². The molecule has 1 heterocycles. The van der Waals surface area contributed by atoms with Gasteiger partial charge in [0.25, 0.3) is 0 Å². The highest BCUT2D eigenvalue weighted by Crippen LogP contribution is 2.36. The Bertz CT molecular complexity index is 589. The smallest absolute Gasteiger partial charge is 0.191 e. The van der Waals surface area contributed by atoms with Crippen LogP contribution < -0.4 is 20.1 Å². The summed E-state index contributed by atoms with van der Waals surface area (Å²) in [5, 5.41) is 15.7. The lowest BCUT2D eigenvalue weighted by molar-refractivity contribution is 0.196. The van der Waals surface area contributed by atoms with Crippen molar-refractivity contribution in [2.45, 2.75) is 38.0 Å². The Morgan fingerprint density at radius 2 is 2.19 bits per heavy atom. The molecule has 1 fully saturated rings. The second-order valence-electron chi connectivity index (χ2n) is 6.51. The van der Waals surface area contributed by atoms with Crippen molar-refractivity contribution >= 4 is 17.7 Å². The average Bonchev–Trinajstić information content (AvgIpc) is 3.09. The summed E-state index contributed by atoms with van der Waals surface area (Å²) in [7, 11) is 1.61. The van der Waals surface area contributed by atoms with Gasteiger partial charge in [-0.1, -0.05) is 6.07 Å². The van der Waals surface area contributed by atoms with Crippen LogP contribution >= 0.6 is 11.8 Å². The molecule has 0 amide bonds. The molecule has 7 heteroatoms. The second-order valence-corrected chi connectivity index (χ2v) is 8.19. The molecule has 0 saturated carbocycles. The van der Waals surface area contributed by atoms with Crippen LogP contribution in [0.15, 0.2) is 23.2 Å². The Morgan fingerprint density at radius 1 is 1.35 bits per heavy atom. The predicted molar refractivity (Wildman–Crippen MR) is 108 cm³/mol. The van der Waals surface area contributed by atoms with Gasteiger partial charge >= 0.3 is 0 Å². The molecule has 6 nitrogen and oxygen atoms in total. The van der Waals surface area contributed by atoms with Crippen molar-refractivity contribution in [2.24, 2.45) is 4.99 Å². The number of nitrogens with one attached hydrogen (secondary N) is 2. The van der Waals surface area contributed by atoms with Crippen molar-refractivity contribution in [2.75, 3.05) is 39.2 Å². The topological polar surface area (TPSA) is 75.1 Å². The third-order valence-corrected chi connectivity index (χ3v) is 5.81. The van der Waals surface area contributed by atoms with E-state index in [4.69, 9.17) is 19.6 Å². The summed E-state index contributed by atoms with van der Waals surface area (Å²) in [5.41, 5.74) is 1.04. The third-order valence-electron chi connectivity index (χ3n) is 4.27. The van der Waals surface area contributed by atoms with Crippen molar-refractivity contribution in [1.82, 2.24) is 10.6 Å². The Hall–Kier alpha value is -1.60. The van der Waals surface area contributed by atoms with Crippen molar-refractivity contribution in [3.8, 4) is 11.5 Å². The fraction of sp³-hybridized carbons (Fsp3) is 0.632. The Morgan fingerprint density at radius 3 is 2.85 bits per heavy atom. The van der Waals surface area contributed by atoms with Crippen LogP contribution in [0.3, 0.4) is 0 Å². The first-order chi connectivity index (χ1) is 12.6. The van der Waals surface area contributed by atoms with Crippen LogP contribution in [0.1, 0.15) is 32.3 Å². The van der Waals surface area contributed by atoms with Crippen LogP contribution in [0.5, 0.6) is 11.5 Å². The molecule has 1 atom stereocenters. The molecular formula is C19H31N3O3S. The van der Waals surface area contributed by atoms with E-state index in [0.29, 0.717) is 22.8 Å². The van der Waals surface area contributed by atoms with Gasteiger partial charge in [0.05, 0.1) is 20.3 Å². The van der Waals surface area contributed by atoms with Gasteiger partial charge in [-0.3, -0.25) is 0 Å². The molecule has 0 radical (unpaired) electrons. The number of hydrogen-bond donors (Lipinski definition) is 3. The van der Waals surface area contributed by atoms with Gasteiger partial charge in [-0.2, -0.15) is 11.8 Å². The number of aliphatic hydroxyl groups excluding tert-OH is 1. The summed E-state index contributed by atoms with van der Waals surface area (Å²) < 4.78 is 11.1. The zero-order chi connectivity index (χ0) is 18.8. The minimum atomic E-state index is -0.0237. The normalized spacial score (nSPS) is 20.1. The third kappa shape index (κ3) is 6.29. The fourth-order valence-corrected chi connectivity index (χ4v) is 4.09. The molecule has 0 aliphatic carbocycles. The van der Waals surface area contributed by atoms with Gasteiger partial charge in [0.1, 0.15) is 6.61 Å². The van der Waals surface area contributed by atoms with Gasteiger partial charge in [-0.25, -0.2) is 4.99 Å². The molecule has 0 aromatic heterocycles. The quantitative estimate of drug-likeness (QED) is 0.451. The van der Waals surface area contributed by atoms with Crippen LogP contribution in [0.4, 0.5) is 0 Å². The van der Waals surface area contributed by atoms with E-state index in [0.717, 1.165) is 24.6 Å². The summed E-state index contributed by atoms with van der Waals surface area (Å²) >= 11 is 2.04. The highest BCUT2D eigenvalue weighted by Gasteiger charge is 2.29. The average molecular weight is 382 g/mol. The molecule has 1 saturated heterocycles. The largest absolute Gasteiger partial charge is 0.493 e. The maximum Gasteiger partial charge on any atom is 0.191 e. The zero-order valence-corrected chi connectivity index (χ0v) is 16.8. The molecule has 0 spiro atoms. The van der Waals surface area contributed by atoms with Crippen LogP contribution in [0.25, 0.3) is 0 Å². The van der Waals surface area contributed by atoms with E-state index in [1.54, 1.807) is 7.11 Å². The lowest BCUT2D eigenvalue weighted by Crippen LogP contribution is -2.43. The number of aliphatic hydroxyl groups is 1. The molecule has 146 valence electrons. The summed E-state index contributed by atoms with van der Waals surface area (Å²) in [5.74, 6) is 3.36. The van der Waals surface area contributed by atoms with Crippen LogP contribution in [-0.2, 0) is 6.54 Å². The van der Waals surface area contributed by atoms with E-state index in [9.17, 15) is 0 Å². The maximum absolute atomic E-state index is 8.89. The number of nitrogens with zero attached hydrogens (tertiary/aromatic N) is 1. The number of benzene rings is 1. The van der Waals surface area contributed by atoms with Crippen molar-refractivity contribution in [3.63, 3.8) is 0 Å². The SMILES string of the molecule is CCNC(=NCc1ccc(OCCO)c(OC)c1)NCC1(C)CCCS1. The lowest BCUT2D eigenvalue weighted by Gasteiger charge is -2.24. The van der Waals surface area contributed by atoms with E-state index in [-0.39, 0.29) is 13.2 Å². The summed E-state index contributed by atoms with van der Waals surface area (Å²) in [4.78, 5) is 4.69. The predicted octanol–water partition coefficient (Wildman–Crippen LogP) is 2.41. The first kappa shape index (κ1) is 20.7. The number of methoxy groups -OCH3 is 1. The van der Waals surface area contributed by atoms with Gasteiger partial charge in [-0.15, -0.1) is 0 Å². The summed E-state index contributed by atoms with van der Waals surface area (Å²) in [6, 6.07) is 5.75. The van der Waals surface area contributed by atoms with Crippen LogP contribution in [-0.4, -0.2) is 55.0 Å². The summed E-state index contributed by atoms with van der Waals surface area (Å²) in [6.07, 6.45) is 2.54. The Kier molecular flexibility index (Phi) is 8.38. The monoisotopic (exact) mass is 381 g/mol. The fourth-order valence-electron chi connectivity index (χ4n) is 2.84. The van der Waals surface area contributed by atoms with Crippen molar-refractivity contribution in [3.05, 3.63) is 23.8 Å². The first-order valence-electron chi connectivity index (χ1n) is 9.17. The molecule has 2 rings (SSSR count). The van der Waals surface area contributed by atoms with E-state index < -0.39 is 0 Å². The van der Waals surface area contributed by atoms with Gasteiger partial charge in [0.15, 0.2) is 17.5 Å². The summed E-state index contributed by atoms with van der Waals surface area (Å²) in [6.45, 7) is 6.91. The van der Waals surface area contributed by atoms with Crippen LogP contribution in [0.2, 0.25) is 0 Å².